The summed E-state index contributed by atoms with van der Waals surface area (Å²) in [6, 6.07) is 7.78. The third-order valence-electron chi connectivity index (χ3n) is 3.37. The van der Waals surface area contributed by atoms with Crippen molar-refractivity contribution in [3.8, 4) is 5.75 Å². The van der Waals surface area contributed by atoms with E-state index in [0.29, 0.717) is 11.7 Å². The van der Waals surface area contributed by atoms with Crippen molar-refractivity contribution in [1.82, 2.24) is 4.90 Å². The van der Waals surface area contributed by atoms with Gasteiger partial charge in [0.05, 0.1) is 0 Å². The summed E-state index contributed by atoms with van der Waals surface area (Å²) >= 11 is 0. The largest absolute Gasteiger partial charge is 0.415 e. The topological polar surface area (TPSA) is 29.5 Å². The highest BCUT2D eigenvalue weighted by Gasteiger charge is 2.18. The molecule has 1 aromatic carbocycles. The maximum absolute atomic E-state index is 11.9. The van der Waals surface area contributed by atoms with Gasteiger partial charge < -0.3 is 9.64 Å². The van der Waals surface area contributed by atoms with Crippen molar-refractivity contribution in [3.05, 3.63) is 29.8 Å². The number of hydrogen-bond donors (Lipinski definition) is 0. The Balaban J connectivity index is 1.94. The molecule has 1 saturated heterocycles. The zero-order chi connectivity index (χ0) is 13.0. The monoisotopic (exact) mass is 247 g/mol. The Kier molecular flexibility index (Phi) is 4.24. The summed E-state index contributed by atoms with van der Waals surface area (Å²) in [5.74, 6) is 1.13. The molecule has 1 aromatic rings. The lowest BCUT2D eigenvalue weighted by molar-refractivity contribution is 0.142. The molecular formula is C15H21NO2. The van der Waals surface area contributed by atoms with Crippen molar-refractivity contribution in [3.63, 3.8) is 0 Å². The average Bonchev–Trinajstić information content (AvgIpc) is 2.40. The molecule has 3 nitrogen and oxygen atoms in total. The molecule has 1 fully saturated rings. The lowest BCUT2D eigenvalue weighted by atomic mass is 10.0. The molecule has 0 radical (unpaired) electrons. The highest BCUT2D eigenvalue weighted by molar-refractivity contribution is 5.70. The van der Waals surface area contributed by atoms with Gasteiger partial charge in [0, 0.05) is 13.1 Å². The van der Waals surface area contributed by atoms with Crippen LogP contribution in [0.1, 0.15) is 44.6 Å². The SMILES string of the molecule is CC(C)c1ccc(OC(=O)N2CCCCC2)cc1. The van der Waals surface area contributed by atoms with Gasteiger partial charge >= 0.3 is 6.09 Å². The summed E-state index contributed by atoms with van der Waals surface area (Å²) in [7, 11) is 0. The number of rotatable bonds is 2. The second-order valence-electron chi connectivity index (χ2n) is 5.14. The Hall–Kier alpha value is -1.51. The normalized spacial score (nSPS) is 15.8. The molecule has 18 heavy (non-hydrogen) atoms. The summed E-state index contributed by atoms with van der Waals surface area (Å²) < 4.78 is 5.38. The minimum absolute atomic E-state index is 0.216. The Morgan fingerprint density at radius 2 is 1.72 bits per heavy atom. The zero-order valence-corrected chi connectivity index (χ0v) is 11.2. The first-order valence-corrected chi connectivity index (χ1v) is 6.73. The number of ether oxygens (including phenoxy) is 1. The summed E-state index contributed by atoms with van der Waals surface area (Å²) in [6.45, 7) is 5.94. The van der Waals surface area contributed by atoms with Crippen LogP contribution >= 0.6 is 0 Å². The number of carbonyl (C=O) groups excluding carboxylic acids is 1. The Morgan fingerprint density at radius 3 is 2.28 bits per heavy atom. The van der Waals surface area contributed by atoms with Gasteiger partial charge in [-0.15, -0.1) is 0 Å². The molecule has 1 amide bonds. The second kappa shape index (κ2) is 5.89. The molecule has 1 aliphatic rings. The van der Waals surface area contributed by atoms with Gasteiger partial charge in [0.15, 0.2) is 0 Å². The van der Waals surface area contributed by atoms with Gasteiger partial charge in [-0.1, -0.05) is 26.0 Å². The molecule has 1 aliphatic heterocycles. The van der Waals surface area contributed by atoms with Crippen LogP contribution in [0.5, 0.6) is 5.75 Å². The van der Waals surface area contributed by atoms with Crippen molar-refractivity contribution >= 4 is 6.09 Å². The predicted octanol–water partition coefficient (Wildman–Crippen LogP) is 3.79. The molecule has 0 spiro atoms. The van der Waals surface area contributed by atoms with E-state index < -0.39 is 0 Å². The Bertz CT molecular complexity index is 391. The average molecular weight is 247 g/mol. The van der Waals surface area contributed by atoms with E-state index in [1.807, 2.05) is 24.3 Å². The van der Waals surface area contributed by atoms with Crippen LogP contribution < -0.4 is 4.74 Å². The first-order valence-electron chi connectivity index (χ1n) is 6.73. The Morgan fingerprint density at radius 1 is 1.11 bits per heavy atom. The van der Waals surface area contributed by atoms with Gasteiger partial charge in [0.25, 0.3) is 0 Å². The molecule has 2 rings (SSSR count). The van der Waals surface area contributed by atoms with Crippen molar-refractivity contribution in [2.75, 3.05) is 13.1 Å². The summed E-state index contributed by atoms with van der Waals surface area (Å²) in [5, 5.41) is 0. The van der Waals surface area contributed by atoms with Gasteiger partial charge in [-0.25, -0.2) is 4.79 Å². The first-order chi connectivity index (χ1) is 8.66. The van der Waals surface area contributed by atoms with E-state index in [-0.39, 0.29) is 6.09 Å². The predicted molar refractivity (Wildman–Crippen MR) is 72.0 cm³/mol. The molecule has 1 heterocycles. The van der Waals surface area contributed by atoms with E-state index in [1.165, 1.54) is 12.0 Å². The van der Waals surface area contributed by atoms with E-state index in [1.54, 1.807) is 4.90 Å². The Labute approximate surface area is 109 Å². The van der Waals surface area contributed by atoms with Crippen LogP contribution in [0.2, 0.25) is 0 Å². The van der Waals surface area contributed by atoms with Crippen molar-refractivity contribution < 1.29 is 9.53 Å². The molecule has 0 aromatic heterocycles. The molecule has 0 unspecified atom stereocenters. The molecule has 3 heteroatoms. The van der Waals surface area contributed by atoms with Gasteiger partial charge in [-0.2, -0.15) is 0 Å². The zero-order valence-electron chi connectivity index (χ0n) is 11.2. The molecule has 0 aliphatic carbocycles. The van der Waals surface area contributed by atoms with Crippen LogP contribution in [-0.4, -0.2) is 24.1 Å². The van der Waals surface area contributed by atoms with E-state index in [2.05, 4.69) is 13.8 Å². The van der Waals surface area contributed by atoms with Crippen LogP contribution in [0, 0.1) is 0 Å². The first kappa shape index (κ1) is 12.9. The van der Waals surface area contributed by atoms with E-state index in [4.69, 9.17) is 4.74 Å². The highest BCUT2D eigenvalue weighted by Crippen LogP contribution is 2.19. The standard InChI is InChI=1S/C15H21NO2/c1-12(2)13-6-8-14(9-7-13)18-15(17)16-10-4-3-5-11-16/h6-9,12H,3-5,10-11H2,1-2H3. The van der Waals surface area contributed by atoms with Gasteiger partial charge in [-0.05, 0) is 42.9 Å². The van der Waals surface area contributed by atoms with E-state index >= 15 is 0 Å². The smallest absolute Gasteiger partial charge is 0.410 e. The lowest BCUT2D eigenvalue weighted by Crippen LogP contribution is -2.37. The van der Waals surface area contributed by atoms with Crippen molar-refractivity contribution in [2.45, 2.75) is 39.0 Å². The fourth-order valence-electron chi connectivity index (χ4n) is 2.16. The van der Waals surface area contributed by atoms with Crippen LogP contribution in [0.15, 0.2) is 24.3 Å². The molecule has 0 bridgehead atoms. The minimum atomic E-state index is -0.216. The molecular weight excluding hydrogens is 226 g/mol. The number of hydrogen-bond acceptors (Lipinski definition) is 2. The fraction of sp³-hybridized carbons (Fsp3) is 0.533. The quantitative estimate of drug-likeness (QED) is 0.795. The second-order valence-corrected chi connectivity index (χ2v) is 5.14. The molecule has 98 valence electrons. The molecule has 0 atom stereocenters. The summed E-state index contributed by atoms with van der Waals surface area (Å²) in [4.78, 5) is 13.7. The summed E-state index contributed by atoms with van der Waals surface area (Å²) in [5.41, 5.74) is 1.26. The van der Waals surface area contributed by atoms with Gasteiger partial charge in [0.1, 0.15) is 5.75 Å². The van der Waals surface area contributed by atoms with Crippen molar-refractivity contribution in [1.29, 1.82) is 0 Å². The number of likely N-dealkylation sites (tertiary alicyclic amines) is 1. The number of amides is 1. The van der Waals surface area contributed by atoms with Gasteiger partial charge in [0.2, 0.25) is 0 Å². The molecule has 0 N–H and O–H groups in total. The molecule has 0 saturated carbocycles. The number of piperidine rings is 1. The maximum Gasteiger partial charge on any atom is 0.415 e. The van der Waals surface area contributed by atoms with Crippen LogP contribution in [0.3, 0.4) is 0 Å². The van der Waals surface area contributed by atoms with Crippen LogP contribution in [-0.2, 0) is 0 Å². The third kappa shape index (κ3) is 3.25. The van der Waals surface area contributed by atoms with E-state index in [0.717, 1.165) is 25.9 Å². The maximum atomic E-state index is 11.9. The number of carbonyl (C=O) groups is 1. The number of benzene rings is 1. The van der Waals surface area contributed by atoms with E-state index in [9.17, 15) is 4.79 Å². The summed E-state index contributed by atoms with van der Waals surface area (Å²) in [6.07, 6.45) is 3.17. The lowest BCUT2D eigenvalue weighted by Gasteiger charge is -2.25. The fourth-order valence-corrected chi connectivity index (χ4v) is 2.16. The highest BCUT2D eigenvalue weighted by atomic mass is 16.6. The number of nitrogens with zero attached hydrogens (tertiary/aromatic N) is 1. The minimum Gasteiger partial charge on any atom is -0.410 e. The van der Waals surface area contributed by atoms with Gasteiger partial charge in [-0.3, -0.25) is 0 Å². The van der Waals surface area contributed by atoms with Crippen LogP contribution in [0.4, 0.5) is 4.79 Å². The van der Waals surface area contributed by atoms with Crippen LogP contribution in [0.25, 0.3) is 0 Å². The third-order valence-corrected chi connectivity index (χ3v) is 3.37. The van der Waals surface area contributed by atoms with Crippen molar-refractivity contribution in [2.24, 2.45) is 0 Å².